The number of imide groups is 2. The van der Waals surface area contributed by atoms with Gasteiger partial charge in [0, 0.05) is 15.7 Å². The van der Waals surface area contributed by atoms with Gasteiger partial charge >= 0.3 is 0 Å². The van der Waals surface area contributed by atoms with Crippen molar-refractivity contribution in [3.8, 4) is 5.75 Å². The smallest absolute Gasteiger partial charge is 0.234 e. The number of rotatable bonds is 5. The van der Waals surface area contributed by atoms with Crippen LogP contribution in [0.5, 0.6) is 5.75 Å². The van der Waals surface area contributed by atoms with E-state index in [2.05, 4.69) is 0 Å². The molecule has 4 heterocycles. The molecule has 1 N–H and O–H groups in total. The summed E-state index contributed by atoms with van der Waals surface area (Å²) in [6, 6.07) is 14.5. The number of benzene rings is 1. The van der Waals surface area contributed by atoms with Crippen molar-refractivity contribution in [1.82, 2.24) is 9.80 Å². The van der Waals surface area contributed by atoms with Gasteiger partial charge in [-0.15, -0.1) is 22.7 Å². The molecule has 3 fully saturated rings. The van der Waals surface area contributed by atoms with Crippen LogP contribution in [0.3, 0.4) is 0 Å². The maximum atomic E-state index is 13.9. The van der Waals surface area contributed by atoms with Gasteiger partial charge in [0.15, 0.2) is 0 Å². The Morgan fingerprint density at radius 2 is 1.38 bits per heavy atom. The second-order valence-electron chi connectivity index (χ2n) is 10.8. The van der Waals surface area contributed by atoms with Crippen molar-refractivity contribution >= 4 is 46.3 Å². The lowest BCUT2D eigenvalue weighted by Crippen LogP contribution is -2.43. The van der Waals surface area contributed by atoms with Crippen molar-refractivity contribution in [1.29, 1.82) is 0 Å². The van der Waals surface area contributed by atoms with Gasteiger partial charge in [-0.2, -0.15) is 0 Å². The summed E-state index contributed by atoms with van der Waals surface area (Å²) < 4.78 is 0. The Labute approximate surface area is 233 Å². The Kier molecular flexibility index (Phi) is 5.82. The fourth-order valence-electron chi connectivity index (χ4n) is 7.24. The summed E-state index contributed by atoms with van der Waals surface area (Å²) in [7, 11) is 0. The first-order valence-electron chi connectivity index (χ1n) is 13.2. The molecule has 7 rings (SSSR count). The summed E-state index contributed by atoms with van der Waals surface area (Å²) in [6.07, 6.45) is 2.83. The second-order valence-corrected chi connectivity index (χ2v) is 12.9. The molecular formula is C30H26N2O5S2. The van der Waals surface area contributed by atoms with Crippen LogP contribution in [0.4, 0.5) is 0 Å². The minimum atomic E-state index is -0.604. The number of allylic oxidation sites excluding steroid dienone is 2. The summed E-state index contributed by atoms with van der Waals surface area (Å²) in [5.74, 6) is -3.63. The van der Waals surface area contributed by atoms with Gasteiger partial charge in [0.25, 0.3) is 0 Å². The number of fused-ring (bicyclic) bond motifs is 4. The highest BCUT2D eigenvalue weighted by molar-refractivity contribution is 7.10. The van der Waals surface area contributed by atoms with Gasteiger partial charge in [0.1, 0.15) is 5.75 Å². The lowest BCUT2D eigenvalue weighted by atomic mass is 9.57. The molecule has 1 aromatic carbocycles. The number of thiophene rings is 2. The Balaban J connectivity index is 1.28. The molecule has 39 heavy (non-hydrogen) atoms. The van der Waals surface area contributed by atoms with Crippen molar-refractivity contribution < 1.29 is 24.3 Å². The van der Waals surface area contributed by atoms with Crippen LogP contribution in [0.15, 0.2) is 70.9 Å². The molecule has 2 saturated heterocycles. The van der Waals surface area contributed by atoms with Gasteiger partial charge in [-0.25, -0.2) is 0 Å². The molecule has 0 radical (unpaired) electrons. The molecule has 2 aliphatic carbocycles. The van der Waals surface area contributed by atoms with Crippen LogP contribution < -0.4 is 0 Å². The van der Waals surface area contributed by atoms with Crippen LogP contribution in [0.1, 0.15) is 34.1 Å². The van der Waals surface area contributed by atoms with E-state index in [-0.39, 0.29) is 48.4 Å². The van der Waals surface area contributed by atoms with Gasteiger partial charge in [0.2, 0.25) is 23.6 Å². The maximum Gasteiger partial charge on any atom is 0.234 e. The third-order valence-electron chi connectivity index (χ3n) is 8.85. The van der Waals surface area contributed by atoms with Gasteiger partial charge in [-0.05, 0) is 59.3 Å². The number of likely N-dealkylation sites (tertiary alicyclic amines) is 2. The van der Waals surface area contributed by atoms with Crippen LogP contribution in [-0.2, 0) is 32.3 Å². The quantitative estimate of drug-likeness (QED) is 0.366. The van der Waals surface area contributed by atoms with Crippen molar-refractivity contribution in [2.75, 3.05) is 0 Å². The SMILES string of the molecule is O=C1[C@H]2[C@H](CC=C3[C@H]2C[C@H]2C(=O)N(Cc4cccs4)C(=O)[C@H]2[C@H]3c2cccc(O)c2)C(=O)N1Cc1cccs1. The first-order valence-corrected chi connectivity index (χ1v) is 14.9. The minimum Gasteiger partial charge on any atom is -0.508 e. The average molecular weight is 559 g/mol. The molecule has 7 nitrogen and oxygen atoms in total. The second kappa shape index (κ2) is 9.27. The Hall–Kier alpha value is -3.56. The average Bonchev–Trinajstić information content (AvgIpc) is 3.72. The van der Waals surface area contributed by atoms with Crippen LogP contribution in [0.25, 0.3) is 0 Å². The molecule has 9 heteroatoms. The van der Waals surface area contributed by atoms with Crippen molar-refractivity contribution in [3.05, 3.63) is 86.3 Å². The number of carbonyl (C=O) groups excluding carboxylic acids is 4. The topological polar surface area (TPSA) is 95.0 Å². The normalized spacial score (nSPS) is 29.9. The molecule has 4 aliphatic rings. The number of aromatic hydroxyl groups is 1. The third kappa shape index (κ3) is 3.82. The first-order chi connectivity index (χ1) is 18.9. The van der Waals surface area contributed by atoms with E-state index in [0.29, 0.717) is 12.8 Å². The summed E-state index contributed by atoms with van der Waals surface area (Å²) in [4.78, 5) is 59.6. The lowest BCUT2D eigenvalue weighted by molar-refractivity contribution is -0.142. The monoisotopic (exact) mass is 558 g/mol. The van der Waals surface area contributed by atoms with E-state index >= 15 is 0 Å². The highest BCUT2D eigenvalue weighted by Crippen LogP contribution is 2.58. The number of phenols is 1. The Bertz CT molecular complexity index is 1510. The summed E-state index contributed by atoms with van der Waals surface area (Å²) in [5.41, 5.74) is 1.70. The van der Waals surface area contributed by atoms with Gasteiger partial charge in [-0.1, -0.05) is 35.9 Å². The molecule has 2 aliphatic heterocycles. The fourth-order valence-corrected chi connectivity index (χ4v) is 8.63. The molecule has 0 spiro atoms. The zero-order chi connectivity index (χ0) is 26.8. The van der Waals surface area contributed by atoms with E-state index in [1.807, 2.05) is 47.2 Å². The molecule has 0 unspecified atom stereocenters. The Morgan fingerprint density at radius 1 is 0.744 bits per heavy atom. The number of nitrogens with zero attached hydrogens (tertiary/aromatic N) is 2. The van der Waals surface area contributed by atoms with Crippen molar-refractivity contribution in [2.45, 2.75) is 31.8 Å². The van der Waals surface area contributed by atoms with Crippen LogP contribution in [-0.4, -0.2) is 38.5 Å². The van der Waals surface area contributed by atoms with E-state index in [4.69, 9.17) is 0 Å². The van der Waals surface area contributed by atoms with Gasteiger partial charge in [-0.3, -0.25) is 29.0 Å². The molecule has 3 aromatic rings. The molecule has 2 aromatic heterocycles. The van der Waals surface area contributed by atoms with E-state index in [1.54, 1.807) is 18.2 Å². The maximum absolute atomic E-state index is 13.9. The largest absolute Gasteiger partial charge is 0.508 e. The molecule has 4 amide bonds. The predicted molar refractivity (Wildman–Crippen MR) is 145 cm³/mol. The number of amides is 4. The highest BCUT2D eigenvalue weighted by Gasteiger charge is 2.61. The van der Waals surface area contributed by atoms with Gasteiger partial charge in [0.05, 0.1) is 36.8 Å². The lowest BCUT2D eigenvalue weighted by Gasteiger charge is -2.44. The minimum absolute atomic E-state index is 0.0851. The van der Waals surface area contributed by atoms with E-state index < -0.39 is 29.6 Å². The molecule has 1 saturated carbocycles. The summed E-state index contributed by atoms with van der Waals surface area (Å²) >= 11 is 3.02. The molecule has 6 atom stereocenters. The number of hydrogen-bond donors (Lipinski definition) is 1. The van der Waals surface area contributed by atoms with E-state index in [1.165, 1.54) is 32.5 Å². The van der Waals surface area contributed by atoms with Crippen molar-refractivity contribution in [2.24, 2.45) is 29.6 Å². The predicted octanol–water partition coefficient (Wildman–Crippen LogP) is 4.55. The summed E-state index contributed by atoms with van der Waals surface area (Å²) in [6.45, 7) is 0.495. The first kappa shape index (κ1) is 24.5. The van der Waals surface area contributed by atoms with Gasteiger partial charge < -0.3 is 5.11 Å². The number of carbonyl (C=O) groups is 4. The zero-order valence-corrected chi connectivity index (χ0v) is 22.6. The van der Waals surface area contributed by atoms with Crippen LogP contribution in [0, 0.1) is 29.6 Å². The molecule has 198 valence electrons. The van der Waals surface area contributed by atoms with Crippen LogP contribution >= 0.6 is 22.7 Å². The summed E-state index contributed by atoms with van der Waals surface area (Å²) in [5, 5.41) is 14.2. The van der Waals surface area contributed by atoms with Crippen molar-refractivity contribution in [3.63, 3.8) is 0 Å². The Morgan fingerprint density at radius 3 is 2.00 bits per heavy atom. The molecular weight excluding hydrogens is 532 g/mol. The standard InChI is InChI=1S/C30H26N2O5S2/c33-17-5-1-4-16(12-17)24-20-8-9-21-25(29(36)31(27(21)34)14-18-6-2-10-38-18)22(20)13-23-26(24)30(37)32(28(23)35)15-19-7-3-11-39-19/h1-8,10-12,21-26,33H,9,13-15H2/t21-,22+,23+,24-,25-,26+/m0/s1. The molecule has 0 bridgehead atoms. The van der Waals surface area contributed by atoms with E-state index in [9.17, 15) is 24.3 Å². The number of hydrogen-bond acceptors (Lipinski definition) is 7. The van der Waals surface area contributed by atoms with E-state index in [0.717, 1.165) is 20.9 Å². The van der Waals surface area contributed by atoms with Crippen LogP contribution in [0.2, 0.25) is 0 Å². The third-order valence-corrected chi connectivity index (χ3v) is 10.6. The fraction of sp³-hybridized carbons (Fsp3) is 0.333. The zero-order valence-electron chi connectivity index (χ0n) is 20.9. The highest BCUT2D eigenvalue weighted by atomic mass is 32.1. The number of phenolic OH excluding ortho intramolecular Hbond substituents is 1.